The summed E-state index contributed by atoms with van der Waals surface area (Å²) in [6.45, 7) is 6.91. The molecular weight excluding hydrogens is 226 g/mol. The molecular formula is C13H21N5. The van der Waals surface area contributed by atoms with Crippen LogP contribution in [-0.4, -0.2) is 26.8 Å². The Morgan fingerprint density at radius 3 is 2.89 bits per heavy atom. The van der Waals surface area contributed by atoms with Gasteiger partial charge in [-0.25, -0.2) is 9.67 Å². The number of nitriles is 1. The first kappa shape index (κ1) is 13.0. The first-order valence-electron chi connectivity index (χ1n) is 6.66. The first-order valence-corrected chi connectivity index (χ1v) is 6.66. The van der Waals surface area contributed by atoms with Gasteiger partial charge in [0, 0.05) is 6.42 Å². The molecule has 0 radical (unpaired) electrons. The van der Waals surface area contributed by atoms with Crippen molar-refractivity contribution in [2.24, 2.45) is 0 Å². The quantitative estimate of drug-likeness (QED) is 0.882. The van der Waals surface area contributed by atoms with Gasteiger partial charge in [-0.3, -0.25) is 5.32 Å². The SMILES string of the molecule is CCCNC1(C#N)CCC(n2nc(C)nc2C)C1. The van der Waals surface area contributed by atoms with Crippen LogP contribution in [0.15, 0.2) is 0 Å². The zero-order chi connectivity index (χ0) is 13.2. The second-order valence-electron chi connectivity index (χ2n) is 5.17. The number of aromatic nitrogens is 3. The van der Waals surface area contributed by atoms with Crippen LogP contribution in [0.4, 0.5) is 0 Å². The molecule has 0 spiro atoms. The van der Waals surface area contributed by atoms with Gasteiger partial charge in [-0.2, -0.15) is 10.4 Å². The van der Waals surface area contributed by atoms with E-state index in [1.54, 1.807) is 0 Å². The van der Waals surface area contributed by atoms with Gasteiger partial charge in [0.05, 0.1) is 12.1 Å². The third-order valence-electron chi connectivity index (χ3n) is 3.67. The average Bonchev–Trinajstić information content (AvgIpc) is 2.91. The highest BCUT2D eigenvalue weighted by Gasteiger charge is 2.40. The minimum absolute atomic E-state index is 0.301. The summed E-state index contributed by atoms with van der Waals surface area (Å²) in [4.78, 5) is 4.34. The molecule has 98 valence electrons. The molecule has 2 rings (SSSR count). The van der Waals surface area contributed by atoms with E-state index < -0.39 is 0 Å². The Balaban J connectivity index is 2.12. The average molecular weight is 247 g/mol. The summed E-state index contributed by atoms with van der Waals surface area (Å²) >= 11 is 0. The molecule has 18 heavy (non-hydrogen) atoms. The van der Waals surface area contributed by atoms with E-state index in [4.69, 9.17) is 0 Å². The van der Waals surface area contributed by atoms with E-state index in [-0.39, 0.29) is 5.54 Å². The molecule has 2 unspecified atom stereocenters. The predicted octanol–water partition coefficient (Wildman–Crippen LogP) is 1.88. The van der Waals surface area contributed by atoms with Gasteiger partial charge in [-0.15, -0.1) is 0 Å². The molecule has 1 heterocycles. The number of hydrogen-bond donors (Lipinski definition) is 1. The fraction of sp³-hybridized carbons (Fsp3) is 0.769. The van der Waals surface area contributed by atoms with E-state index in [1.807, 2.05) is 18.5 Å². The fourth-order valence-electron chi connectivity index (χ4n) is 2.78. The maximum atomic E-state index is 9.42. The van der Waals surface area contributed by atoms with Gasteiger partial charge in [0.2, 0.25) is 0 Å². The third kappa shape index (κ3) is 2.39. The molecule has 1 fully saturated rings. The van der Waals surface area contributed by atoms with E-state index >= 15 is 0 Å². The Hall–Kier alpha value is -1.41. The van der Waals surface area contributed by atoms with Crippen molar-refractivity contribution in [1.29, 1.82) is 5.26 Å². The lowest BCUT2D eigenvalue weighted by atomic mass is 9.99. The standard InChI is InChI=1S/C13H21N5/c1-4-7-15-13(9-14)6-5-12(8-13)18-11(3)16-10(2)17-18/h12,15H,4-8H2,1-3H3. The molecule has 5 nitrogen and oxygen atoms in total. The molecule has 1 aliphatic carbocycles. The van der Waals surface area contributed by atoms with Crippen molar-refractivity contribution in [2.75, 3.05) is 6.54 Å². The van der Waals surface area contributed by atoms with E-state index in [0.29, 0.717) is 6.04 Å². The van der Waals surface area contributed by atoms with Crippen molar-refractivity contribution in [3.05, 3.63) is 11.6 Å². The van der Waals surface area contributed by atoms with Crippen molar-refractivity contribution >= 4 is 0 Å². The zero-order valence-electron chi connectivity index (χ0n) is 11.4. The van der Waals surface area contributed by atoms with Crippen LogP contribution in [0, 0.1) is 25.2 Å². The monoisotopic (exact) mass is 247 g/mol. The third-order valence-corrected chi connectivity index (χ3v) is 3.67. The van der Waals surface area contributed by atoms with Gasteiger partial charge in [0.1, 0.15) is 17.2 Å². The van der Waals surface area contributed by atoms with Crippen LogP contribution in [0.5, 0.6) is 0 Å². The minimum atomic E-state index is -0.368. The van der Waals surface area contributed by atoms with Crippen LogP contribution in [0.2, 0.25) is 0 Å². The lowest BCUT2D eigenvalue weighted by molar-refractivity contribution is 0.384. The van der Waals surface area contributed by atoms with Crippen LogP contribution in [0.25, 0.3) is 0 Å². The summed E-state index contributed by atoms with van der Waals surface area (Å²) in [6, 6.07) is 2.77. The summed E-state index contributed by atoms with van der Waals surface area (Å²) < 4.78 is 1.99. The van der Waals surface area contributed by atoms with Crippen LogP contribution in [-0.2, 0) is 0 Å². The van der Waals surface area contributed by atoms with Gasteiger partial charge in [0.15, 0.2) is 0 Å². The van der Waals surface area contributed by atoms with Crippen molar-refractivity contribution in [3.8, 4) is 6.07 Å². The Labute approximate surface area is 108 Å². The highest BCUT2D eigenvalue weighted by Crippen LogP contribution is 2.37. The normalized spacial score (nSPS) is 27.3. The molecule has 2 atom stereocenters. The molecule has 0 aliphatic heterocycles. The molecule has 0 bridgehead atoms. The van der Waals surface area contributed by atoms with Crippen molar-refractivity contribution in [1.82, 2.24) is 20.1 Å². The summed E-state index contributed by atoms with van der Waals surface area (Å²) in [5, 5.41) is 17.3. The van der Waals surface area contributed by atoms with Crippen LogP contribution >= 0.6 is 0 Å². The molecule has 0 saturated heterocycles. The van der Waals surface area contributed by atoms with E-state index in [2.05, 4.69) is 28.4 Å². The van der Waals surface area contributed by atoms with E-state index in [1.165, 1.54) is 0 Å². The van der Waals surface area contributed by atoms with Gasteiger partial charge >= 0.3 is 0 Å². The number of nitrogens with one attached hydrogen (secondary N) is 1. The van der Waals surface area contributed by atoms with Crippen LogP contribution in [0.1, 0.15) is 50.3 Å². The van der Waals surface area contributed by atoms with Gasteiger partial charge in [0.25, 0.3) is 0 Å². The Morgan fingerprint density at radius 2 is 2.33 bits per heavy atom. The van der Waals surface area contributed by atoms with Crippen LogP contribution < -0.4 is 5.32 Å². The molecule has 1 aromatic rings. The maximum Gasteiger partial charge on any atom is 0.147 e. The lowest BCUT2D eigenvalue weighted by Gasteiger charge is -2.22. The maximum absolute atomic E-state index is 9.42. The minimum Gasteiger partial charge on any atom is -0.299 e. The topological polar surface area (TPSA) is 66.5 Å². The first-order chi connectivity index (χ1) is 8.60. The summed E-state index contributed by atoms with van der Waals surface area (Å²) in [6.07, 6.45) is 3.77. The molecule has 0 aromatic carbocycles. The van der Waals surface area contributed by atoms with Gasteiger partial charge in [-0.1, -0.05) is 6.92 Å². The lowest BCUT2D eigenvalue weighted by Crippen LogP contribution is -2.42. The fourth-order valence-corrected chi connectivity index (χ4v) is 2.78. The molecule has 0 amide bonds. The largest absolute Gasteiger partial charge is 0.299 e. The Bertz CT molecular complexity index is 458. The zero-order valence-corrected chi connectivity index (χ0v) is 11.4. The molecule has 1 aliphatic rings. The van der Waals surface area contributed by atoms with E-state index in [9.17, 15) is 5.26 Å². The van der Waals surface area contributed by atoms with Crippen molar-refractivity contribution in [2.45, 2.75) is 58.0 Å². The van der Waals surface area contributed by atoms with Gasteiger partial charge in [-0.05, 0) is 39.7 Å². The highest BCUT2D eigenvalue weighted by atomic mass is 15.4. The highest BCUT2D eigenvalue weighted by molar-refractivity contribution is 5.13. The molecule has 1 saturated carbocycles. The Morgan fingerprint density at radius 1 is 1.56 bits per heavy atom. The van der Waals surface area contributed by atoms with Crippen molar-refractivity contribution < 1.29 is 0 Å². The van der Waals surface area contributed by atoms with Crippen molar-refractivity contribution in [3.63, 3.8) is 0 Å². The number of aryl methyl sites for hydroxylation is 2. The number of hydrogen-bond acceptors (Lipinski definition) is 4. The van der Waals surface area contributed by atoms with E-state index in [0.717, 1.165) is 43.9 Å². The smallest absolute Gasteiger partial charge is 0.147 e. The molecule has 5 heteroatoms. The predicted molar refractivity (Wildman–Crippen MR) is 69.0 cm³/mol. The second kappa shape index (κ2) is 5.07. The summed E-state index contributed by atoms with van der Waals surface area (Å²) in [5.41, 5.74) is -0.368. The molecule has 1 N–H and O–H groups in total. The molecule has 1 aromatic heterocycles. The number of nitrogens with zero attached hydrogens (tertiary/aromatic N) is 4. The summed E-state index contributed by atoms with van der Waals surface area (Å²) in [5.74, 6) is 1.75. The number of rotatable bonds is 4. The second-order valence-corrected chi connectivity index (χ2v) is 5.17. The van der Waals surface area contributed by atoms with Crippen LogP contribution in [0.3, 0.4) is 0 Å². The summed E-state index contributed by atoms with van der Waals surface area (Å²) in [7, 11) is 0. The Kier molecular flexibility index (Phi) is 3.67. The van der Waals surface area contributed by atoms with Gasteiger partial charge < -0.3 is 0 Å².